The smallest absolute Gasteiger partial charge is 0.193 e. The molecule has 0 amide bonds. The fourth-order valence-electron chi connectivity index (χ4n) is 4.15. The molecule has 1 aliphatic heterocycles. The molecule has 1 aliphatic carbocycles. The van der Waals surface area contributed by atoms with Crippen LogP contribution in [0.15, 0.2) is 29.3 Å². The Hall–Kier alpha value is -0.930. The molecule has 2 fully saturated rings. The zero-order chi connectivity index (χ0) is 19.8. The molecule has 1 unspecified atom stereocenters. The van der Waals surface area contributed by atoms with Crippen molar-refractivity contribution in [3.05, 3.63) is 35.6 Å². The second kappa shape index (κ2) is 12.1. The van der Waals surface area contributed by atoms with E-state index in [0.29, 0.717) is 19.1 Å². The molecule has 0 spiro atoms. The van der Waals surface area contributed by atoms with Gasteiger partial charge in [0, 0.05) is 38.1 Å². The first-order valence-electron chi connectivity index (χ1n) is 10.5. The van der Waals surface area contributed by atoms with Crippen LogP contribution in [0.1, 0.15) is 38.2 Å². The quantitative estimate of drug-likeness (QED) is 0.233. The first kappa shape index (κ1) is 24.3. The Kier molecular flexibility index (Phi) is 10.1. The SMILES string of the molecule is CCNC(=NCC1(c2ccc(F)cc2)CCC1)N1CCC(COCCOC)C1.I. The molecule has 1 N–H and O–H groups in total. The topological polar surface area (TPSA) is 46.1 Å². The maximum absolute atomic E-state index is 13.3. The molecule has 164 valence electrons. The van der Waals surface area contributed by atoms with E-state index in [2.05, 4.69) is 17.1 Å². The van der Waals surface area contributed by atoms with E-state index >= 15 is 0 Å². The summed E-state index contributed by atoms with van der Waals surface area (Å²) < 4.78 is 24.1. The zero-order valence-corrected chi connectivity index (χ0v) is 20.0. The number of guanidine groups is 1. The van der Waals surface area contributed by atoms with Gasteiger partial charge in [-0.05, 0) is 43.9 Å². The van der Waals surface area contributed by atoms with E-state index in [0.717, 1.165) is 58.0 Å². The average Bonchev–Trinajstić information content (AvgIpc) is 3.13. The summed E-state index contributed by atoms with van der Waals surface area (Å²) in [6.45, 7) is 7.78. The Morgan fingerprint density at radius 1 is 1.28 bits per heavy atom. The lowest BCUT2D eigenvalue weighted by atomic mass is 9.64. The summed E-state index contributed by atoms with van der Waals surface area (Å²) in [6, 6.07) is 7.00. The van der Waals surface area contributed by atoms with Crippen LogP contribution in [0.3, 0.4) is 0 Å². The van der Waals surface area contributed by atoms with Crippen LogP contribution in [-0.4, -0.2) is 64.0 Å². The van der Waals surface area contributed by atoms with Gasteiger partial charge in [-0.2, -0.15) is 0 Å². The molecule has 1 saturated carbocycles. The third-order valence-electron chi connectivity index (χ3n) is 6.00. The number of aliphatic imine (C=N–C) groups is 1. The van der Waals surface area contributed by atoms with Crippen molar-refractivity contribution < 1.29 is 13.9 Å². The van der Waals surface area contributed by atoms with Gasteiger partial charge in [-0.3, -0.25) is 4.99 Å². The minimum atomic E-state index is -0.175. The number of hydrogen-bond donors (Lipinski definition) is 1. The van der Waals surface area contributed by atoms with E-state index < -0.39 is 0 Å². The number of nitrogens with one attached hydrogen (secondary N) is 1. The lowest BCUT2D eigenvalue weighted by molar-refractivity contribution is 0.0536. The van der Waals surface area contributed by atoms with Gasteiger partial charge in [-0.15, -0.1) is 24.0 Å². The minimum Gasteiger partial charge on any atom is -0.382 e. The highest BCUT2D eigenvalue weighted by molar-refractivity contribution is 14.0. The Morgan fingerprint density at radius 2 is 2.03 bits per heavy atom. The molecule has 5 nitrogen and oxygen atoms in total. The summed E-state index contributed by atoms with van der Waals surface area (Å²) in [5, 5.41) is 3.46. The summed E-state index contributed by atoms with van der Waals surface area (Å²) in [5.41, 5.74) is 1.28. The summed E-state index contributed by atoms with van der Waals surface area (Å²) >= 11 is 0. The van der Waals surface area contributed by atoms with Crippen LogP contribution in [0.25, 0.3) is 0 Å². The van der Waals surface area contributed by atoms with E-state index in [9.17, 15) is 4.39 Å². The van der Waals surface area contributed by atoms with Gasteiger partial charge < -0.3 is 19.7 Å². The summed E-state index contributed by atoms with van der Waals surface area (Å²) in [6.07, 6.45) is 4.59. The van der Waals surface area contributed by atoms with E-state index in [-0.39, 0.29) is 35.2 Å². The first-order chi connectivity index (χ1) is 13.7. The van der Waals surface area contributed by atoms with Crippen molar-refractivity contribution in [2.75, 3.05) is 53.1 Å². The number of benzene rings is 1. The van der Waals surface area contributed by atoms with Gasteiger partial charge in [0.15, 0.2) is 5.96 Å². The molecule has 1 saturated heterocycles. The molecular formula is C22H35FIN3O2. The maximum atomic E-state index is 13.3. The number of halogens is 2. The fourth-order valence-corrected chi connectivity index (χ4v) is 4.15. The highest BCUT2D eigenvalue weighted by Crippen LogP contribution is 2.44. The van der Waals surface area contributed by atoms with Crippen molar-refractivity contribution in [2.45, 2.75) is 38.0 Å². The van der Waals surface area contributed by atoms with Crippen molar-refractivity contribution in [1.82, 2.24) is 10.2 Å². The van der Waals surface area contributed by atoms with Crippen LogP contribution in [0, 0.1) is 11.7 Å². The second-order valence-electron chi connectivity index (χ2n) is 7.98. The highest BCUT2D eigenvalue weighted by atomic mass is 127. The molecule has 1 aromatic rings. The molecular weight excluding hydrogens is 484 g/mol. The van der Waals surface area contributed by atoms with E-state index in [1.807, 2.05) is 12.1 Å². The summed E-state index contributed by atoms with van der Waals surface area (Å²) in [4.78, 5) is 7.36. The van der Waals surface area contributed by atoms with Gasteiger partial charge in [0.2, 0.25) is 0 Å². The third kappa shape index (κ3) is 6.52. The number of methoxy groups -OCH3 is 1. The first-order valence-corrected chi connectivity index (χ1v) is 10.5. The van der Waals surface area contributed by atoms with Crippen LogP contribution in [0.5, 0.6) is 0 Å². The Balaban J connectivity index is 0.00000300. The molecule has 0 radical (unpaired) electrons. The van der Waals surface area contributed by atoms with Gasteiger partial charge in [-0.25, -0.2) is 4.39 Å². The molecule has 0 aromatic heterocycles. The Bertz CT molecular complexity index is 637. The lowest BCUT2D eigenvalue weighted by Gasteiger charge is -2.41. The largest absolute Gasteiger partial charge is 0.382 e. The molecule has 1 heterocycles. The molecule has 29 heavy (non-hydrogen) atoms. The van der Waals surface area contributed by atoms with Crippen LogP contribution in [-0.2, 0) is 14.9 Å². The molecule has 0 bridgehead atoms. The van der Waals surface area contributed by atoms with Gasteiger partial charge in [-0.1, -0.05) is 18.6 Å². The van der Waals surface area contributed by atoms with Crippen LogP contribution in [0.2, 0.25) is 0 Å². The summed E-state index contributed by atoms with van der Waals surface area (Å²) in [7, 11) is 1.70. The maximum Gasteiger partial charge on any atom is 0.193 e. The van der Waals surface area contributed by atoms with Crippen molar-refractivity contribution >= 4 is 29.9 Å². The van der Waals surface area contributed by atoms with Crippen LogP contribution in [0.4, 0.5) is 4.39 Å². The second-order valence-corrected chi connectivity index (χ2v) is 7.98. The molecule has 1 aromatic carbocycles. The monoisotopic (exact) mass is 519 g/mol. The van der Waals surface area contributed by atoms with Crippen LogP contribution < -0.4 is 5.32 Å². The molecule has 2 aliphatic rings. The van der Waals surface area contributed by atoms with Gasteiger partial charge in [0.1, 0.15) is 5.82 Å². The predicted octanol–water partition coefficient (Wildman–Crippen LogP) is 3.82. The van der Waals surface area contributed by atoms with Gasteiger partial charge in [0.25, 0.3) is 0 Å². The Morgan fingerprint density at radius 3 is 2.66 bits per heavy atom. The normalized spacial score (nSPS) is 20.9. The number of hydrogen-bond acceptors (Lipinski definition) is 3. The summed E-state index contributed by atoms with van der Waals surface area (Å²) in [5.74, 6) is 1.36. The number of nitrogens with zero attached hydrogens (tertiary/aromatic N) is 2. The van der Waals surface area contributed by atoms with Gasteiger partial charge in [0.05, 0.1) is 26.4 Å². The van der Waals surface area contributed by atoms with E-state index in [1.165, 1.54) is 12.0 Å². The van der Waals surface area contributed by atoms with Crippen LogP contribution >= 0.6 is 24.0 Å². The van der Waals surface area contributed by atoms with E-state index in [1.54, 1.807) is 19.2 Å². The Labute approximate surface area is 191 Å². The standard InChI is InChI=1S/C22H34FN3O2.HI/c1-3-24-21(26-12-9-18(15-26)16-28-14-13-27-2)25-17-22(10-4-11-22)19-5-7-20(23)8-6-19;/h5-8,18H,3-4,9-17H2,1-2H3,(H,24,25);1H. The third-order valence-corrected chi connectivity index (χ3v) is 6.00. The number of likely N-dealkylation sites (tertiary alicyclic amines) is 1. The average molecular weight is 519 g/mol. The molecule has 3 rings (SSSR count). The molecule has 1 atom stereocenters. The lowest BCUT2D eigenvalue weighted by Crippen LogP contribution is -2.43. The van der Waals surface area contributed by atoms with Crippen molar-refractivity contribution in [2.24, 2.45) is 10.9 Å². The van der Waals surface area contributed by atoms with Gasteiger partial charge >= 0.3 is 0 Å². The predicted molar refractivity (Wildman–Crippen MR) is 126 cm³/mol. The zero-order valence-electron chi connectivity index (χ0n) is 17.7. The van der Waals surface area contributed by atoms with Crippen molar-refractivity contribution in [3.8, 4) is 0 Å². The molecule has 7 heteroatoms. The highest BCUT2D eigenvalue weighted by Gasteiger charge is 2.39. The van der Waals surface area contributed by atoms with Crippen molar-refractivity contribution in [3.63, 3.8) is 0 Å². The van der Waals surface area contributed by atoms with E-state index in [4.69, 9.17) is 14.5 Å². The number of rotatable bonds is 9. The fraction of sp³-hybridized carbons (Fsp3) is 0.682. The van der Waals surface area contributed by atoms with Crippen molar-refractivity contribution in [1.29, 1.82) is 0 Å². The number of ether oxygens (including phenoxy) is 2. The minimum absolute atomic E-state index is 0.